The van der Waals surface area contributed by atoms with Crippen molar-refractivity contribution >= 4 is 11.7 Å². The minimum atomic E-state index is -4.42. The number of hydrogen-bond donors (Lipinski definition) is 0. The Morgan fingerprint density at radius 1 is 1.15 bits per heavy atom. The maximum atomic E-state index is 12.7. The summed E-state index contributed by atoms with van der Waals surface area (Å²) in [6.45, 7) is 1.69. The molecule has 0 spiro atoms. The molecule has 9 heteroatoms. The molecular weight excluding hydrogens is 349 g/mol. The van der Waals surface area contributed by atoms with E-state index in [1.807, 2.05) is 0 Å². The Hall–Kier alpha value is -3.23. The van der Waals surface area contributed by atoms with Gasteiger partial charge in [-0.1, -0.05) is 17.3 Å². The molecule has 0 N–H and O–H groups in total. The number of benzene rings is 1. The summed E-state index contributed by atoms with van der Waals surface area (Å²) >= 11 is 0. The van der Waals surface area contributed by atoms with E-state index in [0.717, 1.165) is 12.1 Å². The highest BCUT2D eigenvalue weighted by Crippen LogP contribution is 2.30. The summed E-state index contributed by atoms with van der Waals surface area (Å²) in [6.07, 6.45) is -1.76. The Morgan fingerprint density at radius 3 is 2.42 bits per heavy atom. The van der Waals surface area contributed by atoms with Gasteiger partial charge >= 0.3 is 6.18 Å². The number of carbonyl (C=O) groups excluding carboxylic acids is 1. The van der Waals surface area contributed by atoms with Gasteiger partial charge in [0.25, 0.3) is 5.91 Å². The molecule has 6 nitrogen and oxygen atoms in total. The zero-order valence-electron chi connectivity index (χ0n) is 13.8. The van der Waals surface area contributed by atoms with E-state index in [2.05, 4.69) is 15.1 Å². The van der Waals surface area contributed by atoms with Crippen LogP contribution in [0.4, 0.5) is 19.0 Å². The molecule has 0 bridgehead atoms. The van der Waals surface area contributed by atoms with Crippen LogP contribution in [0.3, 0.4) is 0 Å². The molecule has 0 aliphatic rings. The van der Waals surface area contributed by atoms with Gasteiger partial charge in [-0.15, -0.1) is 0 Å². The maximum absolute atomic E-state index is 12.7. The monoisotopic (exact) mass is 362 g/mol. The fourth-order valence-electron chi connectivity index (χ4n) is 2.23. The lowest BCUT2D eigenvalue weighted by Crippen LogP contribution is -2.27. The van der Waals surface area contributed by atoms with Gasteiger partial charge in [0.05, 0.1) is 23.7 Å². The van der Waals surface area contributed by atoms with Crippen LogP contribution in [0.2, 0.25) is 0 Å². The molecule has 0 fully saturated rings. The van der Waals surface area contributed by atoms with Gasteiger partial charge in [0.2, 0.25) is 0 Å². The fourth-order valence-corrected chi connectivity index (χ4v) is 2.23. The number of anilines is 1. The van der Waals surface area contributed by atoms with Crippen LogP contribution < -0.4 is 4.90 Å². The third-order valence-electron chi connectivity index (χ3n) is 3.63. The molecule has 2 aromatic heterocycles. The summed E-state index contributed by atoms with van der Waals surface area (Å²) in [5, 5.41) is 3.75. The predicted octanol–water partition coefficient (Wildman–Crippen LogP) is 3.74. The van der Waals surface area contributed by atoms with Gasteiger partial charge in [-0.25, -0.2) is 4.98 Å². The van der Waals surface area contributed by atoms with Crippen molar-refractivity contribution in [2.75, 3.05) is 11.9 Å². The fraction of sp³-hybridized carbons (Fsp3) is 0.176. The molecule has 2 heterocycles. The molecule has 0 unspecified atom stereocenters. The van der Waals surface area contributed by atoms with Crippen LogP contribution in [0.15, 0.2) is 47.2 Å². The quantitative estimate of drug-likeness (QED) is 0.710. The standard InChI is InChI=1S/C17H13F3N4O2/c1-10-7-15(23-26-10)24(2)16(25)14-9-21-8-13(22-14)11-3-5-12(6-4-11)17(18,19)20/h3-9H,1-2H3. The highest BCUT2D eigenvalue weighted by molar-refractivity contribution is 6.03. The Morgan fingerprint density at radius 2 is 1.85 bits per heavy atom. The number of carbonyl (C=O) groups is 1. The average molecular weight is 362 g/mol. The van der Waals surface area contributed by atoms with Gasteiger partial charge in [-0.3, -0.25) is 14.7 Å². The van der Waals surface area contributed by atoms with E-state index in [1.54, 1.807) is 13.0 Å². The average Bonchev–Trinajstić information content (AvgIpc) is 3.06. The summed E-state index contributed by atoms with van der Waals surface area (Å²) in [7, 11) is 1.51. The largest absolute Gasteiger partial charge is 0.416 e. The summed E-state index contributed by atoms with van der Waals surface area (Å²) in [5.74, 6) is 0.387. The molecule has 26 heavy (non-hydrogen) atoms. The van der Waals surface area contributed by atoms with Crippen molar-refractivity contribution in [2.45, 2.75) is 13.1 Å². The van der Waals surface area contributed by atoms with Crippen molar-refractivity contribution in [3.8, 4) is 11.3 Å². The molecule has 3 rings (SSSR count). The second-order valence-electron chi connectivity index (χ2n) is 5.52. The Balaban J connectivity index is 1.87. The number of amides is 1. The molecule has 0 aliphatic heterocycles. The van der Waals surface area contributed by atoms with Crippen LogP contribution in [-0.2, 0) is 6.18 Å². The van der Waals surface area contributed by atoms with Crippen molar-refractivity contribution < 1.29 is 22.5 Å². The Kier molecular flexibility index (Phi) is 4.45. The van der Waals surface area contributed by atoms with Gasteiger partial charge in [0, 0.05) is 18.7 Å². The molecule has 0 radical (unpaired) electrons. The lowest BCUT2D eigenvalue weighted by molar-refractivity contribution is -0.137. The van der Waals surface area contributed by atoms with Crippen LogP contribution in [0.25, 0.3) is 11.3 Å². The highest BCUT2D eigenvalue weighted by Gasteiger charge is 2.30. The molecule has 1 aromatic carbocycles. The molecule has 134 valence electrons. The van der Waals surface area contributed by atoms with Gasteiger partial charge in [-0.05, 0) is 19.1 Å². The summed E-state index contributed by atoms with van der Waals surface area (Å²) in [6, 6.07) is 6.06. The normalized spacial score (nSPS) is 11.4. The summed E-state index contributed by atoms with van der Waals surface area (Å²) in [4.78, 5) is 21.9. The lowest BCUT2D eigenvalue weighted by atomic mass is 10.1. The number of alkyl halides is 3. The first-order valence-corrected chi connectivity index (χ1v) is 7.47. The summed E-state index contributed by atoms with van der Waals surface area (Å²) in [5.41, 5.74) is -0.0254. The van der Waals surface area contributed by atoms with Crippen molar-refractivity contribution in [1.29, 1.82) is 0 Å². The second kappa shape index (κ2) is 6.58. The minimum absolute atomic E-state index is 0.0329. The molecular formula is C17H13F3N4O2. The predicted molar refractivity (Wildman–Crippen MR) is 86.4 cm³/mol. The molecule has 0 saturated heterocycles. The van der Waals surface area contributed by atoms with Gasteiger partial charge < -0.3 is 4.52 Å². The zero-order valence-corrected chi connectivity index (χ0v) is 13.8. The second-order valence-corrected chi connectivity index (χ2v) is 5.52. The number of aromatic nitrogens is 3. The maximum Gasteiger partial charge on any atom is 0.416 e. The first-order chi connectivity index (χ1) is 12.3. The third-order valence-corrected chi connectivity index (χ3v) is 3.63. The van der Waals surface area contributed by atoms with E-state index >= 15 is 0 Å². The first kappa shape index (κ1) is 17.6. The topological polar surface area (TPSA) is 72.1 Å². The molecule has 3 aromatic rings. The summed E-state index contributed by atoms with van der Waals surface area (Å²) < 4.78 is 42.9. The van der Waals surface area contributed by atoms with E-state index < -0.39 is 17.6 Å². The van der Waals surface area contributed by atoms with E-state index in [0.29, 0.717) is 17.1 Å². The van der Waals surface area contributed by atoms with Crippen molar-refractivity contribution in [1.82, 2.24) is 15.1 Å². The smallest absolute Gasteiger partial charge is 0.360 e. The van der Waals surface area contributed by atoms with E-state index in [1.165, 1.54) is 36.5 Å². The number of rotatable bonds is 3. The number of nitrogens with zero attached hydrogens (tertiary/aromatic N) is 4. The van der Waals surface area contributed by atoms with Gasteiger partial charge in [-0.2, -0.15) is 13.2 Å². The first-order valence-electron chi connectivity index (χ1n) is 7.47. The molecule has 0 saturated carbocycles. The van der Waals surface area contributed by atoms with Crippen molar-refractivity contribution in [3.05, 3.63) is 59.7 Å². The Bertz CT molecular complexity index is 936. The number of halogens is 3. The number of aryl methyl sites for hydroxylation is 1. The molecule has 1 amide bonds. The minimum Gasteiger partial charge on any atom is -0.360 e. The molecule has 0 atom stereocenters. The van der Waals surface area contributed by atoms with Crippen LogP contribution in [0.1, 0.15) is 21.8 Å². The van der Waals surface area contributed by atoms with Crippen molar-refractivity contribution in [3.63, 3.8) is 0 Å². The van der Waals surface area contributed by atoms with Crippen LogP contribution in [0, 0.1) is 6.92 Å². The zero-order chi connectivity index (χ0) is 18.9. The lowest BCUT2D eigenvalue weighted by Gasteiger charge is -2.13. The Labute approximate surface area is 146 Å². The van der Waals surface area contributed by atoms with Crippen LogP contribution in [0.5, 0.6) is 0 Å². The van der Waals surface area contributed by atoms with Crippen LogP contribution >= 0.6 is 0 Å². The van der Waals surface area contributed by atoms with E-state index in [9.17, 15) is 18.0 Å². The highest BCUT2D eigenvalue weighted by atomic mass is 19.4. The van der Waals surface area contributed by atoms with E-state index in [4.69, 9.17) is 4.52 Å². The van der Waals surface area contributed by atoms with Gasteiger partial charge in [0.1, 0.15) is 11.5 Å². The van der Waals surface area contributed by atoms with Gasteiger partial charge in [0.15, 0.2) is 5.82 Å². The third kappa shape index (κ3) is 3.56. The van der Waals surface area contributed by atoms with E-state index in [-0.39, 0.29) is 11.4 Å². The van der Waals surface area contributed by atoms with Crippen LogP contribution in [-0.4, -0.2) is 28.1 Å². The SMILES string of the molecule is Cc1cc(N(C)C(=O)c2cncc(-c3ccc(C(F)(F)F)cc3)n2)no1. The molecule has 0 aliphatic carbocycles. The number of hydrogen-bond acceptors (Lipinski definition) is 5. The van der Waals surface area contributed by atoms with Crippen molar-refractivity contribution in [2.24, 2.45) is 0 Å².